The highest BCUT2D eigenvalue weighted by Gasteiger charge is 2.13. The molecule has 130 valence electrons. The summed E-state index contributed by atoms with van der Waals surface area (Å²) in [5.74, 6) is 0.127. The topological polar surface area (TPSA) is 78.7 Å². The molecule has 0 fully saturated rings. The molecule has 6 heteroatoms. The Kier molecular flexibility index (Phi) is 5.89. The van der Waals surface area contributed by atoms with Gasteiger partial charge in [-0.3, -0.25) is 10.1 Å². The van der Waals surface area contributed by atoms with Crippen LogP contribution in [0.2, 0.25) is 0 Å². The lowest BCUT2D eigenvalue weighted by atomic mass is 10.1. The van der Waals surface area contributed by atoms with Crippen LogP contribution in [0.15, 0.2) is 48.2 Å². The Labute approximate surface area is 145 Å². The first-order valence-corrected chi connectivity index (χ1v) is 7.79. The number of carbonyl (C=O) groups excluding carboxylic acids is 1. The Morgan fingerprint density at radius 2 is 1.84 bits per heavy atom. The predicted octanol–water partition coefficient (Wildman–Crippen LogP) is 4.25. The van der Waals surface area contributed by atoms with E-state index < -0.39 is 10.9 Å². The number of hydrogen-bond acceptors (Lipinski definition) is 5. The van der Waals surface area contributed by atoms with Crippen molar-refractivity contribution in [2.75, 3.05) is 6.61 Å². The van der Waals surface area contributed by atoms with Gasteiger partial charge in [-0.05, 0) is 43.7 Å². The van der Waals surface area contributed by atoms with Crippen molar-refractivity contribution < 1.29 is 19.2 Å². The van der Waals surface area contributed by atoms with Crippen LogP contribution in [0.3, 0.4) is 0 Å². The van der Waals surface area contributed by atoms with E-state index in [9.17, 15) is 14.9 Å². The van der Waals surface area contributed by atoms with Crippen molar-refractivity contribution in [2.24, 2.45) is 0 Å². The van der Waals surface area contributed by atoms with Crippen LogP contribution in [0.5, 0.6) is 11.5 Å². The third kappa shape index (κ3) is 4.91. The van der Waals surface area contributed by atoms with Gasteiger partial charge in [-0.15, -0.1) is 0 Å². The first kappa shape index (κ1) is 18.2. The Bertz CT molecular complexity index is 809. The van der Waals surface area contributed by atoms with E-state index in [1.807, 2.05) is 19.1 Å². The average Bonchev–Trinajstić information content (AvgIpc) is 2.57. The number of nitrogens with zero attached hydrogens (tertiary/aromatic N) is 1. The van der Waals surface area contributed by atoms with Gasteiger partial charge >= 0.3 is 5.97 Å². The number of rotatable bonds is 6. The van der Waals surface area contributed by atoms with Gasteiger partial charge in [-0.25, -0.2) is 4.79 Å². The maximum Gasteiger partial charge on any atom is 0.343 e. The van der Waals surface area contributed by atoms with E-state index in [4.69, 9.17) is 9.47 Å². The number of benzene rings is 2. The van der Waals surface area contributed by atoms with Crippen LogP contribution < -0.4 is 9.47 Å². The van der Waals surface area contributed by atoms with E-state index in [1.54, 1.807) is 37.3 Å². The van der Waals surface area contributed by atoms with Crippen molar-refractivity contribution in [3.8, 4) is 11.5 Å². The summed E-state index contributed by atoms with van der Waals surface area (Å²) >= 11 is 0. The zero-order valence-corrected chi connectivity index (χ0v) is 14.3. The maximum atomic E-state index is 12.3. The van der Waals surface area contributed by atoms with Crippen LogP contribution in [0.1, 0.15) is 35.3 Å². The Morgan fingerprint density at radius 1 is 1.16 bits per heavy atom. The van der Waals surface area contributed by atoms with Gasteiger partial charge in [0.15, 0.2) is 11.5 Å². The first-order valence-electron chi connectivity index (χ1n) is 7.79. The molecule has 0 atom stereocenters. The van der Waals surface area contributed by atoms with Crippen molar-refractivity contribution in [2.45, 2.75) is 20.8 Å². The van der Waals surface area contributed by atoms with Gasteiger partial charge in [-0.2, -0.15) is 0 Å². The Hall–Kier alpha value is -3.15. The SMILES string of the molecule is CCOc1cc(/C=C(/C)[N+](=O)[O-])ccc1OC(=O)c1ccc(C)cc1. The number of allylic oxidation sites excluding steroid dienone is 1. The highest BCUT2D eigenvalue weighted by atomic mass is 16.6. The second-order valence-electron chi connectivity index (χ2n) is 5.44. The van der Waals surface area contributed by atoms with Crippen molar-refractivity contribution in [1.29, 1.82) is 0 Å². The molecule has 0 heterocycles. The van der Waals surface area contributed by atoms with Crippen molar-refractivity contribution in [3.63, 3.8) is 0 Å². The molecular weight excluding hydrogens is 322 g/mol. The molecular formula is C19H19NO5. The van der Waals surface area contributed by atoms with Gasteiger partial charge in [0.2, 0.25) is 5.70 Å². The van der Waals surface area contributed by atoms with E-state index in [1.165, 1.54) is 13.0 Å². The molecule has 0 spiro atoms. The van der Waals surface area contributed by atoms with E-state index in [0.29, 0.717) is 23.5 Å². The molecule has 2 aromatic rings. The van der Waals surface area contributed by atoms with Gasteiger partial charge in [0.1, 0.15) is 0 Å². The van der Waals surface area contributed by atoms with Crippen LogP contribution in [0.25, 0.3) is 6.08 Å². The number of nitro groups is 1. The zero-order chi connectivity index (χ0) is 18.4. The molecule has 0 saturated carbocycles. The standard InChI is InChI=1S/C19H19NO5/c1-4-24-18-12-15(11-14(3)20(22)23)7-10-17(18)25-19(21)16-8-5-13(2)6-9-16/h5-12H,4H2,1-3H3/b14-11-. The van der Waals surface area contributed by atoms with Crippen LogP contribution in [0.4, 0.5) is 0 Å². The van der Waals surface area contributed by atoms with Crippen LogP contribution in [-0.2, 0) is 0 Å². The van der Waals surface area contributed by atoms with Gasteiger partial charge in [0.25, 0.3) is 0 Å². The van der Waals surface area contributed by atoms with Crippen LogP contribution in [-0.4, -0.2) is 17.5 Å². The summed E-state index contributed by atoms with van der Waals surface area (Å²) in [5, 5.41) is 10.7. The molecule has 0 aliphatic heterocycles. The number of esters is 1. The molecule has 2 aromatic carbocycles. The summed E-state index contributed by atoms with van der Waals surface area (Å²) in [7, 11) is 0. The number of ether oxygens (including phenoxy) is 2. The minimum atomic E-state index is -0.495. The summed E-state index contributed by atoms with van der Waals surface area (Å²) in [4.78, 5) is 22.5. The fourth-order valence-corrected chi connectivity index (χ4v) is 2.11. The molecule has 2 rings (SSSR count). The lowest BCUT2D eigenvalue weighted by Crippen LogP contribution is -2.09. The minimum absolute atomic E-state index is 0.00634. The minimum Gasteiger partial charge on any atom is -0.490 e. The van der Waals surface area contributed by atoms with Crippen molar-refractivity contribution in [1.82, 2.24) is 0 Å². The normalized spacial score (nSPS) is 11.1. The van der Waals surface area contributed by atoms with E-state index >= 15 is 0 Å². The Morgan fingerprint density at radius 3 is 2.44 bits per heavy atom. The third-order valence-corrected chi connectivity index (χ3v) is 3.42. The maximum absolute atomic E-state index is 12.3. The van der Waals surface area contributed by atoms with Crippen LogP contribution in [0, 0.1) is 17.0 Å². The van der Waals surface area contributed by atoms with Crippen LogP contribution >= 0.6 is 0 Å². The quantitative estimate of drug-likeness (QED) is 0.340. The van der Waals surface area contributed by atoms with E-state index in [-0.39, 0.29) is 11.4 Å². The highest BCUT2D eigenvalue weighted by Crippen LogP contribution is 2.30. The van der Waals surface area contributed by atoms with Gasteiger partial charge in [-0.1, -0.05) is 23.8 Å². The molecule has 6 nitrogen and oxygen atoms in total. The molecule has 0 aromatic heterocycles. The molecule has 0 bridgehead atoms. The summed E-state index contributed by atoms with van der Waals surface area (Å²) < 4.78 is 10.9. The second-order valence-corrected chi connectivity index (χ2v) is 5.44. The van der Waals surface area contributed by atoms with Crippen molar-refractivity contribution >= 4 is 12.0 Å². The van der Waals surface area contributed by atoms with Gasteiger partial charge in [0.05, 0.1) is 17.1 Å². The molecule has 0 aliphatic rings. The van der Waals surface area contributed by atoms with E-state index in [2.05, 4.69) is 0 Å². The zero-order valence-electron chi connectivity index (χ0n) is 14.3. The average molecular weight is 341 g/mol. The fourth-order valence-electron chi connectivity index (χ4n) is 2.11. The number of carbonyl (C=O) groups is 1. The molecule has 0 N–H and O–H groups in total. The summed E-state index contributed by atoms with van der Waals surface area (Å²) in [6, 6.07) is 11.8. The number of aryl methyl sites for hydroxylation is 1. The largest absolute Gasteiger partial charge is 0.490 e. The lowest BCUT2D eigenvalue weighted by Gasteiger charge is -2.11. The molecule has 0 amide bonds. The van der Waals surface area contributed by atoms with Gasteiger partial charge in [0, 0.05) is 13.0 Å². The number of hydrogen-bond donors (Lipinski definition) is 0. The molecule has 25 heavy (non-hydrogen) atoms. The first-order chi connectivity index (χ1) is 11.9. The van der Waals surface area contributed by atoms with Crippen molar-refractivity contribution in [3.05, 3.63) is 75.0 Å². The highest BCUT2D eigenvalue weighted by molar-refractivity contribution is 5.91. The molecule has 0 aliphatic carbocycles. The lowest BCUT2D eigenvalue weighted by molar-refractivity contribution is -0.422. The molecule has 0 radical (unpaired) electrons. The monoisotopic (exact) mass is 341 g/mol. The Balaban J connectivity index is 2.27. The fraction of sp³-hybridized carbons (Fsp3) is 0.211. The van der Waals surface area contributed by atoms with E-state index in [0.717, 1.165) is 5.56 Å². The molecule has 0 saturated heterocycles. The predicted molar refractivity (Wildman–Crippen MR) is 94.4 cm³/mol. The summed E-state index contributed by atoms with van der Waals surface area (Å²) in [6.45, 7) is 5.51. The molecule has 0 unspecified atom stereocenters. The third-order valence-electron chi connectivity index (χ3n) is 3.42. The smallest absolute Gasteiger partial charge is 0.343 e. The summed E-state index contributed by atoms with van der Waals surface area (Å²) in [5.41, 5.74) is 2.07. The second kappa shape index (κ2) is 8.10. The van der Waals surface area contributed by atoms with Gasteiger partial charge < -0.3 is 9.47 Å². The summed E-state index contributed by atoms with van der Waals surface area (Å²) in [6.07, 6.45) is 1.42.